The fourth-order valence-electron chi connectivity index (χ4n) is 1.87. The second kappa shape index (κ2) is 4.02. The Hall–Kier alpha value is -1.01. The van der Waals surface area contributed by atoms with Crippen molar-refractivity contribution in [3.05, 3.63) is 47.5 Å². The van der Waals surface area contributed by atoms with Gasteiger partial charge in [0, 0.05) is 5.88 Å². The number of aryl methyl sites for hydroxylation is 1. The van der Waals surface area contributed by atoms with Crippen LogP contribution < -0.4 is 0 Å². The first-order chi connectivity index (χ1) is 6.86. The average Bonchev–Trinajstić information content (AvgIpc) is 2.27. The molecular weight excluding hydrogens is 192 g/mol. The molecule has 0 N–H and O–H groups in total. The number of hydrogen-bond donors (Lipinski definition) is 0. The lowest BCUT2D eigenvalue weighted by Gasteiger charge is -2.08. The standard InChI is InChI=1S/C13H13Cl/c1-2-10-7-8-11-5-3-4-6-12(11)13(10)9-14/h3-8H,2,9H2,1H3. The van der Waals surface area contributed by atoms with E-state index in [1.165, 1.54) is 21.9 Å². The summed E-state index contributed by atoms with van der Waals surface area (Å²) in [7, 11) is 0. The van der Waals surface area contributed by atoms with Gasteiger partial charge in [0.15, 0.2) is 0 Å². The molecule has 2 aromatic carbocycles. The van der Waals surface area contributed by atoms with Crippen LogP contribution >= 0.6 is 11.6 Å². The van der Waals surface area contributed by atoms with E-state index in [0.29, 0.717) is 5.88 Å². The van der Waals surface area contributed by atoms with Crippen LogP contribution in [0.2, 0.25) is 0 Å². The summed E-state index contributed by atoms with van der Waals surface area (Å²) in [5.74, 6) is 0.602. The predicted octanol–water partition coefficient (Wildman–Crippen LogP) is 4.14. The molecule has 14 heavy (non-hydrogen) atoms. The normalized spacial score (nSPS) is 10.7. The van der Waals surface area contributed by atoms with Gasteiger partial charge in [-0.2, -0.15) is 0 Å². The lowest BCUT2D eigenvalue weighted by molar-refractivity contribution is 1.11. The zero-order valence-corrected chi connectivity index (χ0v) is 9.01. The molecular formula is C13H13Cl. The van der Waals surface area contributed by atoms with Gasteiger partial charge in [-0.15, -0.1) is 11.6 Å². The van der Waals surface area contributed by atoms with Crippen molar-refractivity contribution in [1.29, 1.82) is 0 Å². The van der Waals surface area contributed by atoms with Crippen LogP contribution in [0.25, 0.3) is 10.8 Å². The van der Waals surface area contributed by atoms with Crippen molar-refractivity contribution in [2.75, 3.05) is 0 Å². The summed E-state index contributed by atoms with van der Waals surface area (Å²) in [4.78, 5) is 0. The van der Waals surface area contributed by atoms with Gasteiger partial charge in [0.1, 0.15) is 0 Å². The van der Waals surface area contributed by atoms with Gasteiger partial charge in [-0.05, 0) is 28.3 Å². The smallest absolute Gasteiger partial charge is 0.0482 e. The summed E-state index contributed by atoms with van der Waals surface area (Å²) in [5.41, 5.74) is 2.64. The van der Waals surface area contributed by atoms with E-state index in [0.717, 1.165) is 6.42 Å². The van der Waals surface area contributed by atoms with Crippen molar-refractivity contribution >= 4 is 22.4 Å². The van der Waals surface area contributed by atoms with Gasteiger partial charge in [0.2, 0.25) is 0 Å². The number of halogens is 1. The van der Waals surface area contributed by atoms with Crippen molar-refractivity contribution in [3.8, 4) is 0 Å². The summed E-state index contributed by atoms with van der Waals surface area (Å²) >= 11 is 5.99. The summed E-state index contributed by atoms with van der Waals surface area (Å²) in [6.07, 6.45) is 1.05. The fraction of sp³-hybridized carbons (Fsp3) is 0.231. The lowest BCUT2D eigenvalue weighted by Crippen LogP contribution is -1.90. The number of alkyl halides is 1. The number of benzene rings is 2. The Bertz CT molecular complexity index is 446. The zero-order valence-electron chi connectivity index (χ0n) is 8.26. The Morgan fingerprint density at radius 2 is 1.86 bits per heavy atom. The van der Waals surface area contributed by atoms with Crippen molar-refractivity contribution in [1.82, 2.24) is 0 Å². The summed E-state index contributed by atoms with van der Waals surface area (Å²) in [6.45, 7) is 2.17. The molecule has 0 spiro atoms. The van der Waals surface area contributed by atoms with Gasteiger partial charge in [-0.1, -0.05) is 43.3 Å². The first-order valence-corrected chi connectivity index (χ1v) is 5.45. The van der Waals surface area contributed by atoms with Gasteiger partial charge in [-0.3, -0.25) is 0 Å². The van der Waals surface area contributed by atoms with Crippen LogP contribution in [0, 0.1) is 0 Å². The maximum Gasteiger partial charge on any atom is 0.0482 e. The highest BCUT2D eigenvalue weighted by molar-refractivity contribution is 6.18. The molecule has 0 aliphatic rings. The monoisotopic (exact) mass is 204 g/mol. The predicted molar refractivity (Wildman–Crippen MR) is 62.9 cm³/mol. The van der Waals surface area contributed by atoms with Crippen molar-refractivity contribution in [2.24, 2.45) is 0 Å². The van der Waals surface area contributed by atoms with Crippen molar-refractivity contribution < 1.29 is 0 Å². The fourth-order valence-corrected chi connectivity index (χ4v) is 2.19. The number of hydrogen-bond acceptors (Lipinski definition) is 0. The van der Waals surface area contributed by atoms with E-state index in [1.807, 2.05) is 0 Å². The molecule has 2 rings (SSSR count). The molecule has 0 saturated carbocycles. The molecule has 0 radical (unpaired) electrons. The van der Waals surface area contributed by atoms with Gasteiger partial charge in [0.25, 0.3) is 0 Å². The molecule has 1 heteroatoms. The average molecular weight is 205 g/mol. The van der Waals surface area contributed by atoms with Crippen LogP contribution in [0.4, 0.5) is 0 Å². The first-order valence-electron chi connectivity index (χ1n) is 4.92. The molecule has 0 aromatic heterocycles. The van der Waals surface area contributed by atoms with Crippen LogP contribution in [-0.2, 0) is 12.3 Å². The van der Waals surface area contributed by atoms with Crippen molar-refractivity contribution in [3.63, 3.8) is 0 Å². The molecule has 0 heterocycles. The van der Waals surface area contributed by atoms with Gasteiger partial charge >= 0.3 is 0 Å². The molecule has 0 aliphatic heterocycles. The Morgan fingerprint density at radius 1 is 1.07 bits per heavy atom. The molecule has 0 bridgehead atoms. The Morgan fingerprint density at radius 3 is 2.57 bits per heavy atom. The Kier molecular flexibility index (Phi) is 2.74. The van der Waals surface area contributed by atoms with Crippen LogP contribution in [-0.4, -0.2) is 0 Å². The highest BCUT2D eigenvalue weighted by atomic mass is 35.5. The van der Waals surface area contributed by atoms with E-state index in [-0.39, 0.29) is 0 Å². The van der Waals surface area contributed by atoms with E-state index in [9.17, 15) is 0 Å². The maximum atomic E-state index is 5.99. The second-order valence-corrected chi connectivity index (χ2v) is 3.68. The minimum Gasteiger partial charge on any atom is -0.122 e. The maximum absolute atomic E-state index is 5.99. The van der Waals surface area contributed by atoms with Crippen LogP contribution in [0.1, 0.15) is 18.1 Å². The minimum atomic E-state index is 0.602. The van der Waals surface area contributed by atoms with Crippen LogP contribution in [0.15, 0.2) is 36.4 Å². The quantitative estimate of drug-likeness (QED) is 0.645. The van der Waals surface area contributed by atoms with Crippen molar-refractivity contribution in [2.45, 2.75) is 19.2 Å². The van der Waals surface area contributed by atoms with Gasteiger partial charge in [0.05, 0.1) is 0 Å². The molecule has 0 aliphatic carbocycles. The summed E-state index contributed by atoms with van der Waals surface area (Å²) < 4.78 is 0. The van der Waals surface area contributed by atoms with Gasteiger partial charge < -0.3 is 0 Å². The molecule has 0 fully saturated rings. The minimum absolute atomic E-state index is 0.602. The third-order valence-electron chi connectivity index (χ3n) is 2.65. The summed E-state index contributed by atoms with van der Waals surface area (Å²) in [6, 6.07) is 12.8. The third-order valence-corrected chi connectivity index (χ3v) is 2.92. The summed E-state index contributed by atoms with van der Waals surface area (Å²) in [5, 5.41) is 2.57. The third kappa shape index (κ3) is 1.51. The Balaban J connectivity index is 2.77. The van der Waals surface area contributed by atoms with Crippen LogP contribution in [0.3, 0.4) is 0 Å². The SMILES string of the molecule is CCc1ccc2ccccc2c1CCl. The molecule has 0 atom stereocenters. The van der Waals surface area contributed by atoms with E-state index < -0.39 is 0 Å². The zero-order chi connectivity index (χ0) is 9.97. The molecule has 0 saturated heterocycles. The largest absolute Gasteiger partial charge is 0.122 e. The highest BCUT2D eigenvalue weighted by Gasteiger charge is 2.04. The topological polar surface area (TPSA) is 0 Å². The number of rotatable bonds is 2. The molecule has 0 nitrogen and oxygen atoms in total. The van der Waals surface area contributed by atoms with Crippen LogP contribution in [0.5, 0.6) is 0 Å². The molecule has 0 unspecified atom stereocenters. The van der Waals surface area contributed by atoms with E-state index in [1.54, 1.807) is 0 Å². The molecule has 72 valence electrons. The van der Waals surface area contributed by atoms with E-state index in [4.69, 9.17) is 11.6 Å². The Labute approximate surface area is 89.5 Å². The molecule has 2 aromatic rings. The first kappa shape index (κ1) is 9.54. The molecule has 0 amide bonds. The van der Waals surface area contributed by atoms with Gasteiger partial charge in [-0.25, -0.2) is 0 Å². The highest BCUT2D eigenvalue weighted by Crippen LogP contribution is 2.24. The van der Waals surface area contributed by atoms with E-state index >= 15 is 0 Å². The lowest BCUT2D eigenvalue weighted by atomic mass is 9.99. The second-order valence-electron chi connectivity index (χ2n) is 3.41. The van der Waals surface area contributed by atoms with E-state index in [2.05, 4.69) is 43.3 Å². The number of fused-ring (bicyclic) bond motifs is 1.